The van der Waals surface area contributed by atoms with E-state index in [1.165, 1.54) is 0 Å². The minimum atomic E-state index is -0.702. The maximum absolute atomic E-state index is 14.1. The molecule has 3 N–H and O–H groups in total. The minimum Gasteiger partial charge on any atom is -0.494 e. The fourth-order valence-corrected chi connectivity index (χ4v) is 9.24. The van der Waals surface area contributed by atoms with Crippen molar-refractivity contribution in [1.29, 1.82) is 0 Å². The van der Waals surface area contributed by atoms with E-state index in [1.54, 1.807) is 34.9 Å². The number of nitrogens with one attached hydrogen (secondary N) is 2. The molecule has 2 unspecified atom stereocenters. The van der Waals surface area contributed by atoms with Crippen molar-refractivity contribution in [1.82, 2.24) is 4.90 Å². The predicted molar refractivity (Wildman–Crippen MR) is 162 cm³/mol. The van der Waals surface area contributed by atoms with E-state index in [-0.39, 0.29) is 29.6 Å². The van der Waals surface area contributed by atoms with Gasteiger partial charge in [0.1, 0.15) is 11.8 Å². The Balaban J connectivity index is 1.41. The molecule has 0 aliphatic carbocycles. The van der Waals surface area contributed by atoms with Gasteiger partial charge in [-0.25, -0.2) is 0 Å². The van der Waals surface area contributed by atoms with Crippen molar-refractivity contribution in [2.45, 2.75) is 68.4 Å². The van der Waals surface area contributed by atoms with E-state index in [4.69, 9.17) is 21.4 Å². The number of unbranched alkanes of at least 4 members (excludes halogenated alkanes) is 3. The summed E-state index contributed by atoms with van der Waals surface area (Å²) in [5.74, 6) is -0.933. The summed E-state index contributed by atoms with van der Waals surface area (Å²) >= 11 is 8.10. The van der Waals surface area contributed by atoms with E-state index in [0.717, 1.165) is 37.0 Å². The van der Waals surface area contributed by atoms with Gasteiger partial charge < -0.3 is 25.4 Å². The predicted octanol–water partition coefficient (Wildman–Crippen LogP) is 5.27. The van der Waals surface area contributed by atoms with Gasteiger partial charge in [-0.05, 0) is 75.4 Å². The lowest BCUT2D eigenvalue weighted by molar-refractivity contribution is -0.138. The number of para-hydroxylation sites is 1. The molecule has 0 saturated carbocycles. The molecule has 3 aliphatic rings. The summed E-state index contributed by atoms with van der Waals surface area (Å²) in [5, 5.41) is 15.6. The number of thioether (sulfide) groups is 1. The van der Waals surface area contributed by atoms with E-state index in [9.17, 15) is 14.4 Å². The normalized spacial score (nSPS) is 26.2. The zero-order valence-electron chi connectivity index (χ0n) is 23.5. The Labute approximate surface area is 250 Å². The number of benzene rings is 2. The van der Waals surface area contributed by atoms with Gasteiger partial charge >= 0.3 is 0 Å². The summed E-state index contributed by atoms with van der Waals surface area (Å²) in [6.45, 7) is 4.93. The van der Waals surface area contributed by atoms with Crippen LogP contribution in [0.5, 0.6) is 5.75 Å². The number of nitrogens with zero attached hydrogens (tertiary/aromatic N) is 1. The minimum absolute atomic E-state index is 0.0318. The fraction of sp³-hybridized carbons (Fsp3) is 0.516. The van der Waals surface area contributed by atoms with Crippen LogP contribution >= 0.6 is 23.4 Å². The lowest BCUT2D eigenvalue weighted by Crippen LogP contribution is -2.51. The highest BCUT2D eigenvalue weighted by Gasteiger charge is 2.73. The second kappa shape index (κ2) is 12.6. The monoisotopic (exact) mass is 599 g/mol. The number of ether oxygens (including phenoxy) is 1. The molecule has 2 aromatic rings. The molecule has 2 bridgehead atoms. The first-order chi connectivity index (χ1) is 19.8. The Morgan fingerprint density at radius 1 is 1.10 bits per heavy atom. The molecule has 220 valence electrons. The maximum atomic E-state index is 14.1. The van der Waals surface area contributed by atoms with Gasteiger partial charge in [0, 0.05) is 24.1 Å². The van der Waals surface area contributed by atoms with E-state index in [1.807, 2.05) is 38.1 Å². The van der Waals surface area contributed by atoms with Crippen LogP contribution in [0.3, 0.4) is 0 Å². The first-order valence-corrected chi connectivity index (χ1v) is 15.8. The number of carbonyl (C=O) groups excluding carboxylic acids is 3. The van der Waals surface area contributed by atoms with Crippen molar-refractivity contribution in [3.63, 3.8) is 0 Å². The van der Waals surface area contributed by atoms with Crippen LogP contribution in [0, 0.1) is 18.8 Å². The summed E-state index contributed by atoms with van der Waals surface area (Å²) < 4.78 is 4.83. The van der Waals surface area contributed by atoms with Gasteiger partial charge in [0.25, 0.3) is 0 Å². The molecule has 2 aromatic carbocycles. The highest BCUT2D eigenvalue weighted by atomic mass is 35.5. The third-order valence-electron chi connectivity index (χ3n) is 8.56. The summed E-state index contributed by atoms with van der Waals surface area (Å²) in [4.78, 5) is 43.7. The largest absolute Gasteiger partial charge is 0.494 e. The van der Waals surface area contributed by atoms with Gasteiger partial charge in [-0.2, -0.15) is 0 Å². The number of aliphatic hydroxyl groups excluding tert-OH is 1. The topological polar surface area (TPSA) is 108 Å². The molecule has 5 atom stereocenters. The van der Waals surface area contributed by atoms with E-state index >= 15 is 0 Å². The smallest absolute Gasteiger partial charge is 0.248 e. The van der Waals surface area contributed by atoms with Crippen molar-refractivity contribution < 1.29 is 24.2 Å². The van der Waals surface area contributed by atoms with Crippen LogP contribution in [0.1, 0.15) is 51.0 Å². The molecule has 3 fully saturated rings. The number of hydrogen-bond acceptors (Lipinski definition) is 6. The highest BCUT2D eigenvalue weighted by Crippen LogP contribution is 2.66. The Hall–Kier alpha value is -2.75. The number of aryl methyl sites for hydroxylation is 1. The van der Waals surface area contributed by atoms with Crippen LogP contribution < -0.4 is 15.4 Å². The molecular weight excluding hydrogens is 562 g/mol. The van der Waals surface area contributed by atoms with Gasteiger partial charge in [0.05, 0.1) is 33.9 Å². The fourth-order valence-electron chi connectivity index (χ4n) is 6.75. The SMILES string of the molecule is CCOc1ccc(NC(=O)[C@@H]2[C@@H]3CCC4(S3)C(C(=O)Nc3c(C)cccc3Cl)N(CCCCCCO)C(=O)[C@H]24)cc1. The lowest BCUT2D eigenvalue weighted by Gasteiger charge is -2.34. The standard InChI is InChI=1S/C31H38ClN3O5S/c1-3-40-21-13-11-20(12-14-21)33-28(37)24-23-15-16-31(41-23)25(24)30(39)35(17-6-4-5-7-18-36)27(31)29(38)34-26-19(2)9-8-10-22(26)32/h8-14,23-25,27,36H,3-7,15-18H2,1-2H3,(H,33,37)(H,34,38)/t23-,24+,25-,27?,31?/m0/s1. The van der Waals surface area contributed by atoms with Crippen LogP contribution in [-0.4, -0.2) is 63.5 Å². The van der Waals surface area contributed by atoms with Gasteiger partial charge in [0.2, 0.25) is 17.7 Å². The molecule has 3 saturated heterocycles. The third kappa shape index (κ3) is 5.68. The number of hydrogen-bond donors (Lipinski definition) is 3. The summed E-state index contributed by atoms with van der Waals surface area (Å²) in [7, 11) is 0. The summed E-state index contributed by atoms with van der Waals surface area (Å²) in [6, 6.07) is 12.0. The molecule has 0 radical (unpaired) electrons. The first-order valence-electron chi connectivity index (χ1n) is 14.5. The van der Waals surface area contributed by atoms with Crippen LogP contribution in [0.2, 0.25) is 5.02 Å². The molecule has 5 rings (SSSR count). The maximum Gasteiger partial charge on any atom is 0.248 e. The number of carbonyl (C=O) groups is 3. The average Bonchev–Trinajstić information content (AvgIpc) is 3.59. The summed E-state index contributed by atoms with van der Waals surface area (Å²) in [6.07, 6.45) is 4.60. The Morgan fingerprint density at radius 3 is 2.56 bits per heavy atom. The average molecular weight is 600 g/mol. The van der Waals surface area contributed by atoms with Gasteiger partial charge in [-0.1, -0.05) is 36.6 Å². The molecular formula is C31H38ClN3O5S. The Morgan fingerprint density at radius 2 is 1.85 bits per heavy atom. The number of likely N-dealkylation sites (tertiary alicyclic amines) is 1. The molecule has 3 aliphatic heterocycles. The Kier molecular flexibility index (Phi) is 9.16. The van der Waals surface area contributed by atoms with Gasteiger partial charge in [-0.15, -0.1) is 11.8 Å². The highest BCUT2D eigenvalue weighted by molar-refractivity contribution is 8.02. The Bertz CT molecular complexity index is 1270. The zero-order valence-corrected chi connectivity index (χ0v) is 25.1. The number of anilines is 2. The van der Waals surface area contributed by atoms with E-state index < -0.39 is 22.6 Å². The zero-order chi connectivity index (χ0) is 29.1. The molecule has 1 spiro atoms. The number of aliphatic hydroxyl groups is 1. The van der Waals surface area contributed by atoms with Crippen LogP contribution in [0.25, 0.3) is 0 Å². The molecule has 41 heavy (non-hydrogen) atoms. The number of rotatable bonds is 12. The van der Waals surface area contributed by atoms with Crippen LogP contribution in [0.4, 0.5) is 11.4 Å². The lowest BCUT2D eigenvalue weighted by atomic mass is 9.70. The summed E-state index contributed by atoms with van der Waals surface area (Å²) in [5.41, 5.74) is 2.04. The van der Waals surface area contributed by atoms with E-state index in [0.29, 0.717) is 42.4 Å². The first kappa shape index (κ1) is 29.7. The van der Waals surface area contributed by atoms with Crippen molar-refractivity contribution in [2.75, 3.05) is 30.4 Å². The van der Waals surface area contributed by atoms with Crippen LogP contribution in [-0.2, 0) is 14.4 Å². The molecule has 8 nitrogen and oxygen atoms in total. The van der Waals surface area contributed by atoms with Crippen molar-refractivity contribution in [3.8, 4) is 5.75 Å². The molecule has 0 aromatic heterocycles. The van der Waals surface area contributed by atoms with E-state index in [2.05, 4.69) is 10.6 Å². The third-order valence-corrected chi connectivity index (χ3v) is 10.8. The molecule has 3 heterocycles. The number of halogens is 1. The quantitative estimate of drug-likeness (QED) is 0.287. The molecule has 10 heteroatoms. The molecule has 3 amide bonds. The second-order valence-corrected chi connectivity index (χ2v) is 13.1. The van der Waals surface area contributed by atoms with Gasteiger partial charge in [-0.3, -0.25) is 14.4 Å². The second-order valence-electron chi connectivity index (χ2n) is 11.1. The van der Waals surface area contributed by atoms with Crippen LogP contribution in [0.15, 0.2) is 42.5 Å². The van der Waals surface area contributed by atoms with Crippen molar-refractivity contribution in [2.24, 2.45) is 11.8 Å². The van der Waals surface area contributed by atoms with Crippen molar-refractivity contribution >= 4 is 52.5 Å². The number of amides is 3. The van der Waals surface area contributed by atoms with Crippen molar-refractivity contribution in [3.05, 3.63) is 53.1 Å². The number of fused-ring (bicyclic) bond motifs is 1. The van der Waals surface area contributed by atoms with Gasteiger partial charge in [0.15, 0.2) is 0 Å².